The monoisotopic (exact) mass is 711 g/mol. The van der Waals surface area contributed by atoms with Crippen molar-refractivity contribution in [3.05, 3.63) is 200 Å². The van der Waals surface area contributed by atoms with Crippen molar-refractivity contribution < 1.29 is 4.57 Å². The summed E-state index contributed by atoms with van der Waals surface area (Å²) in [4.78, 5) is 28.0. The van der Waals surface area contributed by atoms with Crippen molar-refractivity contribution >= 4 is 0 Å². The highest BCUT2D eigenvalue weighted by molar-refractivity contribution is 5.76. The maximum atomic E-state index is 4.91. The van der Waals surface area contributed by atoms with Crippen LogP contribution in [0.15, 0.2) is 189 Å². The molecule has 55 heavy (non-hydrogen) atoms. The first-order valence-corrected chi connectivity index (χ1v) is 18.1. The summed E-state index contributed by atoms with van der Waals surface area (Å²) in [5.74, 6) is 0. The molecule has 0 aliphatic heterocycles. The molecule has 0 saturated carbocycles. The van der Waals surface area contributed by atoms with Crippen LogP contribution in [-0.4, -0.2) is 34.5 Å². The molecule has 7 heterocycles. The van der Waals surface area contributed by atoms with Gasteiger partial charge in [-0.05, 0) is 106 Å². The van der Waals surface area contributed by atoms with E-state index in [9.17, 15) is 0 Å². The Morgan fingerprint density at radius 1 is 0.400 bits per heavy atom. The Bertz CT molecular complexity index is 2360. The van der Waals surface area contributed by atoms with Crippen LogP contribution in [0.25, 0.3) is 67.8 Å². The van der Waals surface area contributed by atoms with Crippen molar-refractivity contribution in [1.82, 2.24) is 34.5 Å². The highest BCUT2D eigenvalue weighted by Crippen LogP contribution is 2.31. The fraction of sp³-hybridized carbons (Fsp3) is 0.0426. The van der Waals surface area contributed by atoms with Gasteiger partial charge in [0.2, 0.25) is 6.33 Å². The highest BCUT2D eigenvalue weighted by Gasteiger charge is 2.13. The molecule has 0 aliphatic rings. The molecule has 7 aromatic heterocycles. The third-order valence-corrected chi connectivity index (χ3v) is 9.41. The second-order valence-corrected chi connectivity index (χ2v) is 13.3. The maximum absolute atomic E-state index is 4.91. The van der Waals surface area contributed by atoms with Gasteiger partial charge in [-0.3, -0.25) is 19.9 Å². The van der Waals surface area contributed by atoms with Gasteiger partial charge >= 0.3 is 0 Å². The summed E-state index contributed by atoms with van der Waals surface area (Å²) in [6.45, 7) is 1.53. The van der Waals surface area contributed by atoms with Crippen LogP contribution in [0.1, 0.15) is 11.1 Å². The summed E-state index contributed by atoms with van der Waals surface area (Å²) < 4.78 is 4.42. The summed E-state index contributed by atoms with van der Waals surface area (Å²) in [6.07, 6.45) is 13.6. The molecule has 9 aromatic rings. The standard InChI is InChI=1S/C47H35N8/c1-5-21-48-40(9-1)44-27-38(28-45(52-44)41-10-2-6-22-49-41)36-17-13-34(14-18-36)31-54-25-26-55(33-54)32-35-15-19-37(20-16-35)39-29-46(42-11-3-7-23-50-42)53-47(30-39)43-12-4-8-24-51-43/h1-30,33H,31-32H2/q+1. The van der Waals surface area contributed by atoms with Gasteiger partial charge < -0.3 is 0 Å². The van der Waals surface area contributed by atoms with Gasteiger partial charge in [0.15, 0.2) is 0 Å². The lowest BCUT2D eigenvalue weighted by atomic mass is 10.0. The number of hydrogen-bond donors (Lipinski definition) is 0. The zero-order chi connectivity index (χ0) is 36.8. The van der Waals surface area contributed by atoms with E-state index in [1.807, 2.05) is 72.8 Å². The lowest BCUT2D eigenvalue weighted by Gasteiger charge is -2.10. The van der Waals surface area contributed by atoms with E-state index in [0.29, 0.717) is 0 Å². The predicted octanol–water partition coefficient (Wildman–Crippen LogP) is 9.24. The lowest BCUT2D eigenvalue weighted by Crippen LogP contribution is -2.31. The topological polar surface area (TPSA) is 86.2 Å². The minimum absolute atomic E-state index is 0.764. The predicted molar refractivity (Wildman–Crippen MR) is 215 cm³/mol. The largest absolute Gasteiger partial charge is 0.255 e. The Morgan fingerprint density at radius 2 is 0.800 bits per heavy atom. The molecule has 2 aromatic carbocycles. The molecule has 0 amide bonds. The summed E-state index contributed by atoms with van der Waals surface area (Å²) in [7, 11) is 0. The first-order valence-electron chi connectivity index (χ1n) is 18.1. The number of rotatable bonds is 10. The number of pyridine rings is 6. The van der Waals surface area contributed by atoms with E-state index >= 15 is 0 Å². The van der Waals surface area contributed by atoms with Crippen molar-refractivity contribution in [2.24, 2.45) is 0 Å². The molecular formula is C47H35N8+. The average Bonchev–Trinajstić information content (AvgIpc) is 3.71. The molecule has 0 saturated heterocycles. The molecular weight excluding hydrogens is 677 g/mol. The average molecular weight is 712 g/mol. The molecule has 8 heteroatoms. The molecule has 0 unspecified atom stereocenters. The minimum atomic E-state index is 0.764. The van der Waals surface area contributed by atoms with Crippen molar-refractivity contribution in [2.45, 2.75) is 13.1 Å². The summed E-state index contributed by atoms with van der Waals surface area (Å²) in [5.41, 5.74) is 13.4. The van der Waals surface area contributed by atoms with Crippen LogP contribution in [0.2, 0.25) is 0 Å². The van der Waals surface area contributed by atoms with Gasteiger partial charge in [0.25, 0.3) is 0 Å². The summed E-state index contributed by atoms with van der Waals surface area (Å²) in [6, 6.07) is 49.4. The normalized spacial score (nSPS) is 11.1. The Hall–Kier alpha value is -7.45. The molecule has 0 spiro atoms. The van der Waals surface area contributed by atoms with Gasteiger partial charge in [0.1, 0.15) is 25.5 Å². The fourth-order valence-electron chi connectivity index (χ4n) is 6.63. The van der Waals surface area contributed by atoms with E-state index < -0.39 is 0 Å². The Balaban J connectivity index is 0.905. The van der Waals surface area contributed by atoms with E-state index in [4.69, 9.17) is 9.97 Å². The zero-order valence-electron chi connectivity index (χ0n) is 29.9. The molecule has 8 nitrogen and oxygen atoms in total. The number of imidazole rings is 1. The van der Waals surface area contributed by atoms with Crippen molar-refractivity contribution in [2.75, 3.05) is 0 Å². The molecule has 262 valence electrons. The highest BCUT2D eigenvalue weighted by atomic mass is 15.1. The van der Waals surface area contributed by atoms with E-state index in [1.165, 1.54) is 11.1 Å². The molecule has 0 N–H and O–H groups in total. The quantitative estimate of drug-likeness (QED) is 0.132. The van der Waals surface area contributed by atoms with Crippen LogP contribution < -0.4 is 4.57 Å². The van der Waals surface area contributed by atoms with E-state index in [0.717, 1.165) is 80.9 Å². The number of aromatic nitrogens is 8. The van der Waals surface area contributed by atoms with Crippen LogP contribution in [0.5, 0.6) is 0 Å². The lowest BCUT2D eigenvalue weighted by molar-refractivity contribution is -0.687. The number of hydrogen-bond acceptors (Lipinski definition) is 6. The van der Waals surface area contributed by atoms with E-state index in [2.05, 4.69) is 121 Å². The van der Waals surface area contributed by atoms with Crippen LogP contribution in [0, 0.1) is 0 Å². The van der Waals surface area contributed by atoms with Crippen molar-refractivity contribution in [3.8, 4) is 67.8 Å². The molecule has 0 bridgehead atoms. The van der Waals surface area contributed by atoms with Crippen molar-refractivity contribution in [1.29, 1.82) is 0 Å². The molecule has 0 atom stereocenters. The Kier molecular flexibility index (Phi) is 9.27. The fourth-order valence-corrected chi connectivity index (χ4v) is 6.63. The molecule has 0 aliphatic carbocycles. The van der Waals surface area contributed by atoms with Gasteiger partial charge in [0, 0.05) is 24.8 Å². The van der Waals surface area contributed by atoms with Gasteiger partial charge in [-0.2, -0.15) is 0 Å². The van der Waals surface area contributed by atoms with Crippen LogP contribution in [-0.2, 0) is 13.1 Å². The number of nitrogens with zero attached hydrogens (tertiary/aromatic N) is 8. The Labute approximate surface area is 319 Å². The van der Waals surface area contributed by atoms with Gasteiger partial charge in [0.05, 0.1) is 45.6 Å². The minimum Gasteiger partial charge on any atom is -0.255 e. The van der Waals surface area contributed by atoms with Crippen molar-refractivity contribution in [3.63, 3.8) is 0 Å². The summed E-state index contributed by atoms with van der Waals surface area (Å²) >= 11 is 0. The molecule has 0 fully saturated rings. The van der Waals surface area contributed by atoms with Gasteiger partial charge in [-0.1, -0.05) is 72.8 Å². The van der Waals surface area contributed by atoms with E-state index in [-0.39, 0.29) is 0 Å². The van der Waals surface area contributed by atoms with Crippen LogP contribution in [0.4, 0.5) is 0 Å². The second kappa shape index (κ2) is 15.3. The maximum Gasteiger partial charge on any atom is 0.244 e. The van der Waals surface area contributed by atoms with Gasteiger partial charge in [-0.25, -0.2) is 19.1 Å². The zero-order valence-corrected chi connectivity index (χ0v) is 29.9. The third-order valence-electron chi connectivity index (χ3n) is 9.41. The van der Waals surface area contributed by atoms with Crippen LogP contribution >= 0.6 is 0 Å². The smallest absolute Gasteiger partial charge is 0.244 e. The molecule has 0 radical (unpaired) electrons. The first kappa shape index (κ1) is 33.4. The van der Waals surface area contributed by atoms with Crippen LogP contribution in [0.3, 0.4) is 0 Å². The first-order chi connectivity index (χ1) is 27.2. The number of benzene rings is 2. The SMILES string of the molecule is c1ccc(-c2cc(-c3ccc(Cn4cc[n+](Cc5ccc(-c6cc(-c7ccccn7)nc(-c7ccccn7)c6)cc5)c4)cc3)cc(-c3ccccn3)n2)nc1. The summed E-state index contributed by atoms with van der Waals surface area (Å²) in [5, 5.41) is 0. The molecule has 9 rings (SSSR count). The third kappa shape index (κ3) is 7.70. The Morgan fingerprint density at radius 3 is 1.18 bits per heavy atom. The second-order valence-electron chi connectivity index (χ2n) is 13.3. The van der Waals surface area contributed by atoms with E-state index in [1.54, 1.807) is 24.8 Å². The van der Waals surface area contributed by atoms with Gasteiger partial charge in [-0.15, -0.1) is 0 Å².